The number of piperidine rings is 1. The van der Waals surface area contributed by atoms with Crippen molar-refractivity contribution in [3.05, 3.63) is 34.1 Å². The molecular weight excluding hydrogens is 295 g/mol. The van der Waals surface area contributed by atoms with Crippen LogP contribution in [-0.2, 0) is 6.54 Å². The highest BCUT2D eigenvalue weighted by molar-refractivity contribution is 9.10. The topological polar surface area (TPSA) is 29.3 Å². The van der Waals surface area contributed by atoms with E-state index in [4.69, 9.17) is 5.73 Å². The van der Waals surface area contributed by atoms with Gasteiger partial charge in [0, 0.05) is 23.6 Å². The molecule has 0 aliphatic carbocycles. The fraction of sp³-hybridized carbons (Fsp3) is 0.571. The van der Waals surface area contributed by atoms with Gasteiger partial charge in [0.25, 0.3) is 0 Å². The molecule has 0 amide bonds. The molecule has 0 aromatic heterocycles. The lowest BCUT2D eigenvalue weighted by molar-refractivity contribution is 0.145. The molecule has 2 unspecified atom stereocenters. The molecule has 0 spiro atoms. The molecule has 1 aliphatic rings. The van der Waals surface area contributed by atoms with Crippen LogP contribution in [0.4, 0.5) is 4.39 Å². The van der Waals surface area contributed by atoms with E-state index in [9.17, 15) is 4.39 Å². The maximum atomic E-state index is 13.0. The van der Waals surface area contributed by atoms with Gasteiger partial charge in [0.15, 0.2) is 0 Å². The number of hydrogen-bond donors (Lipinski definition) is 1. The molecule has 100 valence electrons. The highest BCUT2D eigenvalue weighted by Gasteiger charge is 2.25. The molecule has 18 heavy (non-hydrogen) atoms. The van der Waals surface area contributed by atoms with E-state index in [1.807, 2.05) is 6.07 Å². The average molecular weight is 315 g/mol. The minimum absolute atomic E-state index is 0.197. The van der Waals surface area contributed by atoms with Gasteiger partial charge in [-0.2, -0.15) is 0 Å². The molecule has 2 rings (SSSR count). The summed E-state index contributed by atoms with van der Waals surface area (Å²) in [7, 11) is 0. The van der Waals surface area contributed by atoms with Crippen LogP contribution >= 0.6 is 15.9 Å². The lowest BCUT2D eigenvalue weighted by Gasteiger charge is -2.36. The van der Waals surface area contributed by atoms with Gasteiger partial charge in [-0.3, -0.25) is 4.90 Å². The van der Waals surface area contributed by atoms with E-state index < -0.39 is 0 Å². The van der Waals surface area contributed by atoms with E-state index in [2.05, 4.69) is 27.8 Å². The fourth-order valence-corrected chi connectivity index (χ4v) is 3.07. The van der Waals surface area contributed by atoms with Crippen molar-refractivity contribution in [3.63, 3.8) is 0 Å². The predicted molar refractivity (Wildman–Crippen MR) is 75.8 cm³/mol. The Bertz CT molecular complexity index is 411. The molecule has 1 aromatic carbocycles. The number of rotatable bonds is 3. The minimum Gasteiger partial charge on any atom is -0.327 e. The van der Waals surface area contributed by atoms with Gasteiger partial charge >= 0.3 is 0 Å². The molecule has 2 nitrogen and oxygen atoms in total. The molecule has 2 N–H and O–H groups in total. The monoisotopic (exact) mass is 314 g/mol. The van der Waals surface area contributed by atoms with Crippen molar-refractivity contribution in [1.82, 2.24) is 4.90 Å². The van der Waals surface area contributed by atoms with Crippen LogP contribution in [-0.4, -0.2) is 24.0 Å². The van der Waals surface area contributed by atoms with Gasteiger partial charge in [0.05, 0.1) is 0 Å². The summed E-state index contributed by atoms with van der Waals surface area (Å²) < 4.78 is 13.9. The highest BCUT2D eigenvalue weighted by Crippen LogP contribution is 2.24. The van der Waals surface area contributed by atoms with Crippen molar-refractivity contribution >= 4 is 15.9 Å². The average Bonchev–Trinajstić information content (AvgIpc) is 2.35. The Morgan fingerprint density at radius 1 is 1.50 bits per heavy atom. The molecule has 0 bridgehead atoms. The van der Waals surface area contributed by atoms with Crippen LogP contribution in [0.3, 0.4) is 0 Å². The molecule has 1 aromatic rings. The summed E-state index contributed by atoms with van der Waals surface area (Å²) in [5.74, 6) is 0.385. The molecule has 1 heterocycles. The molecule has 1 fully saturated rings. The van der Waals surface area contributed by atoms with Gasteiger partial charge in [-0.05, 0) is 36.6 Å². The predicted octanol–water partition coefficient (Wildman–Crippen LogP) is 3.15. The van der Waals surface area contributed by atoms with E-state index in [-0.39, 0.29) is 5.82 Å². The lowest BCUT2D eigenvalue weighted by Crippen LogP contribution is -2.46. The number of nitrogens with zero attached hydrogens (tertiary/aromatic N) is 1. The summed E-state index contributed by atoms with van der Waals surface area (Å²) in [6, 6.07) is 5.24. The number of benzene rings is 1. The fourth-order valence-electron chi connectivity index (χ4n) is 2.59. The standard InChI is InChI=1S/C14H20BrFN2/c1-2-10-8-18(6-5-14(10)17)9-11-3-4-12(16)7-13(11)15/h3-4,7,10,14H,2,5-6,8-9,17H2,1H3. The summed E-state index contributed by atoms with van der Waals surface area (Å²) in [6.45, 7) is 5.13. The number of nitrogens with two attached hydrogens (primary N) is 1. The largest absolute Gasteiger partial charge is 0.327 e. The minimum atomic E-state index is -0.197. The first-order valence-corrected chi connectivity index (χ1v) is 7.31. The molecule has 0 saturated carbocycles. The molecule has 1 saturated heterocycles. The Labute approximate surface area is 116 Å². The maximum absolute atomic E-state index is 13.0. The summed E-state index contributed by atoms with van der Waals surface area (Å²) in [4.78, 5) is 2.41. The van der Waals surface area contributed by atoms with Crippen LogP contribution in [0.15, 0.2) is 22.7 Å². The number of halogens is 2. The molecule has 4 heteroatoms. The number of likely N-dealkylation sites (tertiary alicyclic amines) is 1. The summed E-state index contributed by atoms with van der Waals surface area (Å²) in [6.07, 6.45) is 2.18. The first kappa shape index (κ1) is 14.0. The lowest BCUT2D eigenvalue weighted by atomic mass is 9.90. The third-order valence-corrected chi connectivity index (χ3v) is 4.55. The Morgan fingerprint density at radius 2 is 2.28 bits per heavy atom. The smallest absolute Gasteiger partial charge is 0.124 e. The Balaban J connectivity index is 2.01. The van der Waals surface area contributed by atoms with Crippen LogP contribution in [0.25, 0.3) is 0 Å². The zero-order valence-corrected chi connectivity index (χ0v) is 12.3. The maximum Gasteiger partial charge on any atom is 0.124 e. The van der Waals surface area contributed by atoms with E-state index in [1.165, 1.54) is 12.1 Å². The van der Waals surface area contributed by atoms with Crippen molar-refractivity contribution in [2.24, 2.45) is 11.7 Å². The van der Waals surface area contributed by atoms with Crippen LogP contribution in [0.1, 0.15) is 25.3 Å². The van der Waals surface area contributed by atoms with Crippen LogP contribution < -0.4 is 5.73 Å². The van der Waals surface area contributed by atoms with Gasteiger partial charge in [-0.25, -0.2) is 4.39 Å². The van der Waals surface area contributed by atoms with Crippen molar-refractivity contribution in [1.29, 1.82) is 0 Å². The van der Waals surface area contributed by atoms with Gasteiger partial charge < -0.3 is 5.73 Å². The summed E-state index contributed by atoms with van der Waals surface area (Å²) in [5.41, 5.74) is 7.25. The second-order valence-electron chi connectivity index (χ2n) is 5.09. The highest BCUT2D eigenvalue weighted by atomic mass is 79.9. The SMILES string of the molecule is CCC1CN(Cc2ccc(F)cc2Br)CCC1N. The molecule has 2 atom stereocenters. The van der Waals surface area contributed by atoms with Crippen molar-refractivity contribution in [2.45, 2.75) is 32.4 Å². The second-order valence-corrected chi connectivity index (χ2v) is 5.95. The molecule has 1 aliphatic heterocycles. The Morgan fingerprint density at radius 3 is 2.94 bits per heavy atom. The second kappa shape index (κ2) is 6.13. The summed E-state index contributed by atoms with van der Waals surface area (Å²) >= 11 is 3.43. The van der Waals surface area contributed by atoms with Gasteiger partial charge in [0.2, 0.25) is 0 Å². The van der Waals surface area contributed by atoms with Gasteiger partial charge in [-0.1, -0.05) is 35.3 Å². The zero-order chi connectivity index (χ0) is 13.1. The zero-order valence-electron chi connectivity index (χ0n) is 10.7. The normalized spacial score (nSPS) is 25.3. The first-order chi connectivity index (χ1) is 8.60. The van der Waals surface area contributed by atoms with Crippen molar-refractivity contribution < 1.29 is 4.39 Å². The number of hydrogen-bond acceptors (Lipinski definition) is 2. The van der Waals surface area contributed by atoms with Gasteiger partial charge in [-0.15, -0.1) is 0 Å². The third-order valence-electron chi connectivity index (χ3n) is 3.81. The van der Waals surface area contributed by atoms with E-state index in [0.29, 0.717) is 12.0 Å². The molecular formula is C14H20BrFN2. The van der Waals surface area contributed by atoms with Crippen molar-refractivity contribution in [2.75, 3.05) is 13.1 Å². The van der Waals surface area contributed by atoms with Gasteiger partial charge in [0.1, 0.15) is 5.82 Å². The van der Waals surface area contributed by atoms with E-state index in [0.717, 1.165) is 42.5 Å². The van der Waals surface area contributed by atoms with Crippen LogP contribution in [0.2, 0.25) is 0 Å². The Hall–Kier alpha value is -0.450. The third kappa shape index (κ3) is 3.31. The van der Waals surface area contributed by atoms with Crippen LogP contribution in [0, 0.1) is 11.7 Å². The summed E-state index contributed by atoms with van der Waals surface area (Å²) in [5, 5.41) is 0. The van der Waals surface area contributed by atoms with E-state index in [1.54, 1.807) is 0 Å². The molecule has 0 radical (unpaired) electrons. The van der Waals surface area contributed by atoms with E-state index >= 15 is 0 Å². The quantitative estimate of drug-likeness (QED) is 0.928. The Kier molecular flexibility index (Phi) is 4.76. The first-order valence-electron chi connectivity index (χ1n) is 6.52. The van der Waals surface area contributed by atoms with Crippen LogP contribution in [0.5, 0.6) is 0 Å². The van der Waals surface area contributed by atoms with Crippen molar-refractivity contribution in [3.8, 4) is 0 Å².